The van der Waals surface area contributed by atoms with Crippen LogP contribution in [-0.2, 0) is 16.1 Å². The van der Waals surface area contributed by atoms with E-state index in [9.17, 15) is 13.2 Å². The summed E-state index contributed by atoms with van der Waals surface area (Å²) in [4.78, 5) is 14.5. The molecular formula is C21H20BrClF3N3O3S. The summed E-state index contributed by atoms with van der Waals surface area (Å²) >= 11 is 11.7. The van der Waals surface area contributed by atoms with Crippen LogP contribution in [0.4, 0.5) is 18.9 Å². The summed E-state index contributed by atoms with van der Waals surface area (Å²) in [6.45, 7) is 1.47. The standard InChI is InChI=1S/C19H19BrClN3OS.C2HF3O2/c20-15-16-18(26-19(15)17-12(22)7-4-8-25-17)13(9-14(21)24-16)23-10-11-5-2-1-3-6-11;3-2(4,5)1(6)7/h1-3,5-6,9,12,17H,4,7-8,10,22H2,(H,23,24);(H,6,7). The number of nitrogens with two attached hydrogens (primary N) is 1. The van der Waals surface area contributed by atoms with Gasteiger partial charge in [0.25, 0.3) is 0 Å². The third kappa shape index (κ3) is 6.57. The molecule has 3 heterocycles. The summed E-state index contributed by atoms with van der Waals surface area (Å²) in [6, 6.07) is 12.2. The second-order valence-electron chi connectivity index (χ2n) is 7.19. The van der Waals surface area contributed by atoms with Gasteiger partial charge in [-0.2, -0.15) is 13.2 Å². The van der Waals surface area contributed by atoms with E-state index in [1.807, 2.05) is 24.3 Å². The van der Waals surface area contributed by atoms with Crippen molar-refractivity contribution < 1.29 is 27.8 Å². The van der Waals surface area contributed by atoms with Crippen molar-refractivity contribution in [3.8, 4) is 0 Å². The third-order valence-corrected chi connectivity index (χ3v) is 7.31. The summed E-state index contributed by atoms with van der Waals surface area (Å²) in [6.07, 6.45) is -3.20. The van der Waals surface area contributed by atoms with E-state index in [2.05, 4.69) is 38.4 Å². The number of pyridine rings is 1. The van der Waals surface area contributed by atoms with Crippen LogP contribution in [0.3, 0.4) is 0 Å². The average molecular weight is 567 g/mol. The van der Waals surface area contributed by atoms with Gasteiger partial charge in [-0.15, -0.1) is 11.3 Å². The number of ether oxygens (including phenoxy) is 1. The Kier molecular flexibility index (Phi) is 8.57. The monoisotopic (exact) mass is 565 g/mol. The van der Waals surface area contributed by atoms with Crippen LogP contribution in [0.5, 0.6) is 0 Å². The number of hydrogen-bond acceptors (Lipinski definition) is 6. The lowest BCUT2D eigenvalue weighted by molar-refractivity contribution is -0.192. The second kappa shape index (κ2) is 11.0. The largest absolute Gasteiger partial charge is 0.490 e. The maximum absolute atomic E-state index is 10.6. The molecule has 2 unspecified atom stereocenters. The number of benzene rings is 1. The molecule has 0 radical (unpaired) electrons. The molecular weight excluding hydrogens is 547 g/mol. The molecule has 4 rings (SSSR count). The molecule has 0 spiro atoms. The minimum Gasteiger partial charge on any atom is -0.475 e. The zero-order chi connectivity index (χ0) is 24.2. The van der Waals surface area contributed by atoms with E-state index in [-0.39, 0.29) is 12.1 Å². The number of hydrogen-bond donors (Lipinski definition) is 3. The Bertz CT molecular complexity index is 1110. The Morgan fingerprint density at radius 3 is 2.64 bits per heavy atom. The summed E-state index contributed by atoms with van der Waals surface area (Å²) in [5, 5.41) is 11.1. The molecule has 1 aliphatic heterocycles. The number of halogens is 5. The Hall–Kier alpha value is -1.92. The Balaban J connectivity index is 0.000000383. The molecule has 1 fully saturated rings. The van der Waals surface area contributed by atoms with Gasteiger partial charge in [-0.05, 0) is 34.3 Å². The number of aliphatic carboxylic acids is 1. The first kappa shape index (κ1) is 25.7. The Morgan fingerprint density at radius 1 is 1.36 bits per heavy atom. The van der Waals surface area contributed by atoms with Gasteiger partial charge in [0.2, 0.25) is 0 Å². The van der Waals surface area contributed by atoms with Crippen LogP contribution in [0.1, 0.15) is 29.4 Å². The number of carbonyl (C=O) groups is 1. The molecule has 6 nitrogen and oxygen atoms in total. The molecule has 1 saturated heterocycles. The summed E-state index contributed by atoms with van der Waals surface area (Å²) in [5.74, 6) is -2.76. The number of carboxylic acid groups (broad SMARTS) is 1. The van der Waals surface area contributed by atoms with Crippen LogP contribution >= 0.6 is 38.9 Å². The first-order valence-electron chi connectivity index (χ1n) is 9.81. The van der Waals surface area contributed by atoms with Gasteiger partial charge in [0.15, 0.2) is 0 Å². The van der Waals surface area contributed by atoms with Gasteiger partial charge in [0, 0.05) is 25.3 Å². The molecule has 1 aliphatic rings. The number of thiophene rings is 1. The molecule has 2 atom stereocenters. The lowest BCUT2D eigenvalue weighted by Crippen LogP contribution is -2.34. The molecule has 178 valence electrons. The molecule has 0 saturated carbocycles. The number of rotatable bonds is 4. The lowest BCUT2D eigenvalue weighted by atomic mass is 10.0. The fourth-order valence-corrected chi connectivity index (χ4v) is 5.54. The van der Waals surface area contributed by atoms with E-state index in [0.29, 0.717) is 5.15 Å². The van der Waals surface area contributed by atoms with Crippen molar-refractivity contribution in [3.05, 3.63) is 56.5 Å². The molecule has 12 heteroatoms. The minimum absolute atomic E-state index is 0.00399. The van der Waals surface area contributed by atoms with Crippen LogP contribution in [0.15, 0.2) is 40.9 Å². The second-order valence-corrected chi connectivity index (χ2v) is 9.42. The maximum Gasteiger partial charge on any atom is 0.490 e. The van der Waals surface area contributed by atoms with Crippen LogP contribution in [0, 0.1) is 0 Å². The van der Waals surface area contributed by atoms with Crippen LogP contribution in [0.25, 0.3) is 10.2 Å². The molecule has 3 aromatic rings. The van der Waals surface area contributed by atoms with E-state index in [4.69, 9.17) is 32.0 Å². The van der Waals surface area contributed by atoms with Gasteiger partial charge in [-0.1, -0.05) is 41.9 Å². The molecule has 2 aromatic heterocycles. The van der Waals surface area contributed by atoms with Crippen molar-refractivity contribution in [2.24, 2.45) is 5.73 Å². The van der Waals surface area contributed by atoms with E-state index in [0.717, 1.165) is 51.2 Å². The normalized spacial score (nSPS) is 18.5. The average Bonchev–Trinajstić information content (AvgIpc) is 3.09. The molecule has 0 bridgehead atoms. The summed E-state index contributed by atoms with van der Waals surface area (Å²) in [7, 11) is 0. The van der Waals surface area contributed by atoms with Crippen molar-refractivity contribution >= 4 is 60.7 Å². The minimum atomic E-state index is -5.08. The fourth-order valence-electron chi connectivity index (χ4n) is 3.21. The molecule has 33 heavy (non-hydrogen) atoms. The summed E-state index contributed by atoms with van der Waals surface area (Å²) in [5.41, 5.74) is 9.35. The number of carboxylic acids is 1. The van der Waals surface area contributed by atoms with Gasteiger partial charge < -0.3 is 20.9 Å². The van der Waals surface area contributed by atoms with Crippen molar-refractivity contribution in [3.63, 3.8) is 0 Å². The van der Waals surface area contributed by atoms with E-state index < -0.39 is 12.1 Å². The maximum atomic E-state index is 10.6. The van der Waals surface area contributed by atoms with Crippen molar-refractivity contribution in [1.29, 1.82) is 0 Å². The van der Waals surface area contributed by atoms with Crippen molar-refractivity contribution in [2.75, 3.05) is 11.9 Å². The Morgan fingerprint density at radius 2 is 2.03 bits per heavy atom. The lowest BCUT2D eigenvalue weighted by Gasteiger charge is -2.28. The fraction of sp³-hybridized carbons (Fsp3) is 0.333. The number of alkyl halides is 3. The van der Waals surface area contributed by atoms with Gasteiger partial charge in [-0.25, -0.2) is 9.78 Å². The highest BCUT2D eigenvalue weighted by Gasteiger charge is 2.38. The molecule has 0 aliphatic carbocycles. The number of nitrogens with zero attached hydrogens (tertiary/aromatic N) is 1. The number of fused-ring (bicyclic) bond motifs is 1. The topological polar surface area (TPSA) is 97.5 Å². The van der Waals surface area contributed by atoms with Crippen molar-refractivity contribution in [2.45, 2.75) is 37.7 Å². The quantitative estimate of drug-likeness (QED) is 0.329. The molecule has 0 amide bonds. The summed E-state index contributed by atoms with van der Waals surface area (Å²) < 4.78 is 39.7. The van der Waals surface area contributed by atoms with Crippen LogP contribution in [0.2, 0.25) is 5.15 Å². The molecule has 1 aromatic carbocycles. The van der Waals surface area contributed by atoms with Crippen LogP contribution in [-0.4, -0.2) is 34.9 Å². The van der Waals surface area contributed by atoms with Gasteiger partial charge in [0.1, 0.15) is 11.3 Å². The Labute approximate surface area is 205 Å². The predicted octanol–water partition coefficient (Wildman–Crippen LogP) is 6.14. The van der Waals surface area contributed by atoms with Crippen LogP contribution < -0.4 is 11.1 Å². The number of anilines is 1. The highest BCUT2D eigenvalue weighted by atomic mass is 79.9. The third-order valence-electron chi connectivity index (χ3n) is 4.77. The van der Waals surface area contributed by atoms with E-state index >= 15 is 0 Å². The van der Waals surface area contributed by atoms with Gasteiger partial charge in [0.05, 0.1) is 25.3 Å². The van der Waals surface area contributed by atoms with E-state index in [1.165, 1.54) is 5.56 Å². The SMILES string of the molecule is NC1CCCOC1c1sc2c(NCc3ccccc3)cc(Cl)nc2c1Br.O=C(O)C(F)(F)F. The highest BCUT2D eigenvalue weighted by molar-refractivity contribution is 9.10. The zero-order valence-corrected chi connectivity index (χ0v) is 20.2. The first-order valence-corrected chi connectivity index (χ1v) is 11.8. The number of aromatic nitrogens is 1. The molecule has 4 N–H and O–H groups in total. The zero-order valence-electron chi connectivity index (χ0n) is 17.0. The highest BCUT2D eigenvalue weighted by Crippen LogP contribution is 2.45. The van der Waals surface area contributed by atoms with Gasteiger partial charge in [-0.3, -0.25) is 0 Å². The smallest absolute Gasteiger partial charge is 0.475 e. The first-order chi connectivity index (χ1) is 15.6. The van der Waals surface area contributed by atoms with Crippen molar-refractivity contribution in [1.82, 2.24) is 4.98 Å². The predicted molar refractivity (Wildman–Crippen MR) is 126 cm³/mol. The van der Waals surface area contributed by atoms with E-state index in [1.54, 1.807) is 11.3 Å². The number of nitrogens with one attached hydrogen (secondary N) is 1. The van der Waals surface area contributed by atoms with Gasteiger partial charge >= 0.3 is 12.1 Å².